The Balaban J connectivity index is 1.80. The van der Waals surface area contributed by atoms with Crippen LogP contribution in [0.3, 0.4) is 0 Å². The minimum atomic E-state index is -0.577. The Morgan fingerprint density at radius 1 is 1.13 bits per heavy atom. The van der Waals surface area contributed by atoms with Crippen molar-refractivity contribution in [3.05, 3.63) is 57.6 Å². The third-order valence-electron chi connectivity index (χ3n) is 3.59. The number of nitrogens with zero attached hydrogens (tertiary/aromatic N) is 1. The summed E-state index contributed by atoms with van der Waals surface area (Å²) < 4.78 is 10.5. The van der Waals surface area contributed by atoms with Gasteiger partial charge in [0.05, 0.1) is 22.0 Å². The van der Waals surface area contributed by atoms with E-state index in [1.807, 2.05) is 0 Å². The lowest BCUT2D eigenvalue weighted by Gasteiger charge is -2.10. The molecule has 0 aliphatic carbocycles. The smallest absolute Gasteiger partial charge is 0.231 e. The number of benzene rings is 2. The summed E-state index contributed by atoms with van der Waals surface area (Å²) in [5.74, 6) is 0.477. The fraction of sp³-hybridized carbons (Fsp3) is 0.176. The van der Waals surface area contributed by atoms with E-state index < -0.39 is 5.92 Å². The summed E-state index contributed by atoms with van der Waals surface area (Å²) in [6.45, 7) is 0.165. The molecule has 0 aromatic heterocycles. The zero-order valence-electron chi connectivity index (χ0n) is 11.9. The molecule has 1 aliphatic heterocycles. The molecule has 2 aromatic carbocycles. The minimum Gasteiger partial charge on any atom is -0.454 e. The predicted octanol–water partition coefficient (Wildman–Crippen LogP) is 4.60. The highest BCUT2D eigenvalue weighted by Gasteiger charge is 2.21. The average molecular weight is 348 g/mol. The molecule has 1 unspecified atom stereocenters. The standard InChI is InChI=1S/C17H11Cl2NO3/c18-13-3-1-11(5-14(13)19)15(21)6-12(8-20)10-2-4-16-17(7-10)23-9-22-16/h1-5,7,12H,6,9H2. The Labute approximate surface area is 143 Å². The second-order valence-electron chi connectivity index (χ2n) is 5.05. The first-order valence-corrected chi connectivity index (χ1v) is 7.61. The van der Waals surface area contributed by atoms with Crippen molar-refractivity contribution in [2.24, 2.45) is 0 Å². The summed E-state index contributed by atoms with van der Waals surface area (Å²) in [7, 11) is 0. The van der Waals surface area contributed by atoms with Gasteiger partial charge in [-0.1, -0.05) is 29.3 Å². The van der Waals surface area contributed by atoms with Gasteiger partial charge < -0.3 is 9.47 Å². The molecule has 0 saturated carbocycles. The van der Waals surface area contributed by atoms with Crippen LogP contribution in [-0.4, -0.2) is 12.6 Å². The number of hydrogen-bond donors (Lipinski definition) is 0. The zero-order valence-corrected chi connectivity index (χ0v) is 13.4. The molecular formula is C17H11Cl2NO3. The van der Waals surface area contributed by atoms with Crippen LogP contribution in [-0.2, 0) is 0 Å². The van der Waals surface area contributed by atoms with E-state index in [1.54, 1.807) is 30.3 Å². The average Bonchev–Trinajstić information content (AvgIpc) is 3.02. The van der Waals surface area contributed by atoms with Crippen LogP contribution in [0.1, 0.15) is 28.3 Å². The summed E-state index contributed by atoms with van der Waals surface area (Å²) in [4.78, 5) is 12.4. The SMILES string of the molecule is N#CC(CC(=O)c1ccc(Cl)c(Cl)c1)c1ccc2c(c1)OCO2. The number of rotatable bonds is 4. The van der Waals surface area contributed by atoms with Gasteiger partial charge in [-0.3, -0.25) is 4.79 Å². The maximum atomic E-state index is 12.4. The number of ether oxygens (including phenoxy) is 2. The van der Waals surface area contributed by atoms with E-state index in [1.165, 1.54) is 6.07 Å². The van der Waals surface area contributed by atoms with Crippen LogP contribution in [0.25, 0.3) is 0 Å². The molecule has 0 amide bonds. The molecule has 23 heavy (non-hydrogen) atoms. The molecule has 1 aliphatic rings. The van der Waals surface area contributed by atoms with Crippen LogP contribution in [0.15, 0.2) is 36.4 Å². The number of nitriles is 1. The fourth-order valence-electron chi connectivity index (χ4n) is 2.34. The summed E-state index contributed by atoms with van der Waals surface area (Å²) in [5, 5.41) is 10.1. The number of ketones is 1. The van der Waals surface area contributed by atoms with Gasteiger partial charge in [0.15, 0.2) is 17.3 Å². The van der Waals surface area contributed by atoms with E-state index >= 15 is 0 Å². The van der Waals surface area contributed by atoms with Crippen LogP contribution in [0.5, 0.6) is 11.5 Å². The van der Waals surface area contributed by atoms with Gasteiger partial charge in [0.1, 0.15) is 0 Å². The number of Topliss-reactive ketones (excluding diaryl/α,β-unsaturated/α-hetero) is 1. The molecule has 0 saturated heterocycles. The maximum absolute atomic E-state index is 12.4. The first-order valence-electron chi connectivity index (χ1n) is 6.86. The lowest BCUT2D eigenvalue weighted by molar-refractivity contribution is 0.0979. The monoisotopic (exact) mass is 347 g/mol. The van der Waals surface area contributed by atoms with Crippen molar-refractivity contribution in [2.45, 2.75) is 12.3 Å². The molecule has 2 aromatic rings. The van der Waals surface area contributed by atoms with Gasteiger partial charge in [-0.05, 0) is 35.9 Å². The van der Waals surface area contributed by atoms with Crippen molar-refractivity contribution >= 4 is 29.0 Å². The molecule has 6 heteroatoms. The first-order chi connectivity index (χ1) is 11.1. The highest BCUT2D eigenvalue weighted by Crippen LogP contribution is 2.35. The summed E-state index contributed by atoms with van der Waals surface area (Å²) in [5.41, 5.74) is 1.14. The number of hydrogen-bond acceptors (Lipinski definition) is 4. The summed E-state index contributed by atoms with van der Waals surface area (Å²) >= 11 is 11.8. The van der Waals surface area contributed by atoms with Gasteiger partial charge in [0.2, 0.25) is 6.79 Å². The minimum absolute atomic E-state index is 0.0497. The largest absolute Gasteiger partial charge is 0.454 e. The van der Waals surface area contributed by atoms with Crippen molar-refractivity contribution in [1.29, 1.82) is 5.26 Å². The summed E-state index contributed by atoms with van der Waals surface area (Å²) in [6, 6.07) is 12.1. The van der Waals surface area contributed by atoms with E-state index in [9.17, 15) is 10.1 Å². The van der Waals surface area contributed by atoms with E-state index in [-0.39, 0.29) is 19.0 Å². The molecule has 1 atom stereocenters. The van der Waals surface area contributed by atoms with Gasteiger partial charge in [0.25, 0.3) is 0 Å². The van der Waals surface area contributed by atoms with Gasteiger partial charge >= 0.3 is 0 Å². The first kappa shape index (κ1) is 15.7. The highest BCUT2D eigenvalue weighted by atomic mass is 35.5. The molecule has 116 valence electrons. The quantitative estimate of drug-likeness (QED) is 0.758. The third-order valence-corrected chi connectivity index (χ3v) is 4.32. The highest BCUT2D eigenvalue weighted by molar-refractivity contribution is 6.42. The van der Waals surface area contributed by atoms with E-state index in [0.29, 0.717) is 32.7 Å². The van der Waals surface area contributed by atoms with Crippen molar-refractivity contribution in [3.8, 4) is 17.6 Å². The van der Waals surface area contributed by atoms with Gasteiger partial charge in [-0.2, -0.15) is 5.26 Å². The summed E-state index contributed by atoms with van der Waals surface area (Å²) in [6.07, 6.45) is 0.0497. The molecule has 0 fully saturated rings. The number of carbonyl (C=O) groups is 1. The Hall–Kier alpha value is -2.22. The van der Waals surface area contributed by atoms with Crippen LogP contribution in [0, 0.1) is 11.3 Å². The molecule has 1 heterocycles. The Morgan fingerprint density at radius 2 is 1.91 bits per heavy atom. The van der Waals surface area contributed by atoms with E-state index in [4.69, 9.17) is 32.7 Å². The van der Waals surface area contributed by atoms with Crippen LogP contribution < -0.4 is 9.47 Å². The van der Waals surface area contributed by atoms with Gasteiger partial charge in [-0.15, -0.1) is 0 Å². The second kappa shape index (κ2) is 6.49. The zero-order chi connectivity index (χ0) is 16.4. The molecule has 3 rings (SSSR count). The fourth-order valence-corrected chi connectivity index (χ4v) is 2.64. The normalized spacial score (nSPS) is 13.4. The number of fused-ring (bicyclic) bond motifs is 1. The Kier molecular flexibility index (Phi) is 4.42. The lowest BCUT2D eigenvalue weighted by Crippen LogP contribution is -2.06. The molecule has 4 nitrogen and oxygen atoms in total. The topological polar surface area (TPSA) is 59.3 Å². The second-order valence-corrected chi connectivity index (χ2v) is 5.86. The van der Waals surface area contributed by atoms with Crippen LogP contribution >= 0.6 is 23.2 Å². The number of carbonyl (C=O) groups excluding carboxylic acids is 1. The van der Waals surface area contributed by atoms with E-state index in [0.717, 1.165) is 0 Å². The van der Waals surface area contributed by atoms with Crippen molar-refractivity contribution in [2.75, 3.05) is 6.79 Å². The van der Waals surface area contributed by atoms with Gasteiger partial charge in [0, 0.05) is 12.0 Å². The Morgan fingerprint density at radius 3 is 2.65 bits per heavy atom. The number of halogens is 2. The lowest BCUT2D eigenvalue weighted by atomic mass is 9.92. The molecule has 0 spiro atoms. The predicted molar refractivity (Wildman–Crippen MR) is 86.3 cm³/mol. The molecular weight excluding hydrogens is 337 g/mol. The van der Waals surface area contributed by atoms with Crippen LogP contribution in [0.2, 0.25) is 10.0 Å². The maximum Gasteiger partial charge on any atom is 0.231 e. The van der Waals surface area contributed by atoms with Crippen molar-refractivity contribution < 1.29 is 14.3 Å². The third kappa shape index (κ3) is 3.26. The van der Waals surface area contributed by atoms with E-state index in [2.05, 4.69) is 6.07 Å². The molecule has 0 radical (unpaired) electrons. The van der Waals surface area contributed by atoms with Gasteiger partial charge in [-0.25, -0.2) is 0 Å². The van der Waals surface area contributed by atoms with Crippen molar-refractivity contribution in [3.63, 3.8) is 0 Å². The van der Waals surface area contributed by atoms with Crippen molar-refractivity contribution in [1.82, 2.24) is 0 Å². The molecule has 0 N–H and O–H groups in total. The Bertz CT molecular complexity index is 814. The van der Waals surface area contributed by atoms with Crippen LogP contribution in [0.4, 0.5) is 0 Å². The molecule has 0 bridgehead atoms.